The molecule has 0 unspecified atom stereocenters. The van der Waals surface area contributed by atoms with Crippen LogP contribution in [-0.2, 0) is 0 Å². The van der Waals surface area contributed by atoms with Gasteiger partial charge in [-0.05, 0) is 43.3 Å². The first-order chi connectivity index (χ1) is 11.2. The zero-order valence-electron chi connectivity index (χ0n) is 12.4. The number of fused-ring (bicyclic) bond motifs is 2. The molecule has 0 aliphatic rings. The van der Waals surface area contributed by atoms with Crippen molar-refractivity contribution in [3.05, 3.63) is 65.6 Å². The first-order valence-electron chi connectivity index (χ1n) is 7.25. The van der Waals surface area contributed by atoms with Crippen LogP contribution in [0.2, 0.25) is 0 Å². The average Bonchev–Trinajstić information content (AvgIpc) is 3.01. The van der Waals surface area contributed by atoms with E-state index in [-0.39, 0.29) is 5.82 Å². The van der Waals surface area contributed by atoms with Crippen molar-refractivity contribution in [3.63, 3.8) is 0 Å². The molecule has 0 amide bonds. The highest BCUT2D eigenvalue weighted by molar-refractivity contribution is 5.97. The fraction of sp³-hybridized carbons (Fsp3) is 0.0526. The number of benzene rings is 2. The molecule has 0 spiro atoms. The van der Waals surface area contributed by atoms with Gasteiger partial charge in [0.25, 0.3) is 0 Å². The fourth-order valence-corrected chi connectivity index (χ4v) is 2.93. The van der Waals surface area contributed by atoms with Crippen LogP contribution in [0.15, 0.2) is 48.7 Å². The zero-order chi connectivity index (χ0) is 16.0. The largest absolute Gasteiger partial charge is 0.360 e. The SMILES string of the molecule is Cc1c(F)ccc2c(-c3ccc4c(C#N)cccc4n3)c[nH]c12. The highest BCUT2D eigenvalue weighted by atomic mass is 19.1. The predicted octanol–water partition coefficient (Wildman–Crippen LogP) is 4.70. The van der Waals surface area contributed by atoms with E-state index in [1.807, 2.05) is 30.5 Å². The Morgan fingerprint density at radius 1 is 1.09 bits per heavy atom. The monoisotopic (exact) mass is 301 g/mol. The number of halogens is 1. The van der Waals surface area contributed by atoms with Gasteiger partial charge in [-0.25, -0.2) is 9.37 Å². The van der Waals surface area contributed by atoms with Gasteiger partial charge in [0.2, 0.25) is 0 Å². The molecule has 0 aliphatic heterocycles. The molecule has 1 N–H and O–H groups in total. The third-order valence-corrected chi connectivity index (χ3v) is 4.18. The van der Waals surface area contributed by atoms with Crippen LogP contribution in [0.1, 0.15) is 11.1 Å². The second-order valence-corrected chi connectivity index (χ2v) is 5.48. The molecular weight excluding hydrogens is 289 g/mol. The standard InChI is InChI=1S/C19H12FN3/c1-11-16(20)7-5-14-15(10-22-19(11)14)18-8-6-13-12(9-21)3-2-4-17(13)23-18/h2-8,10,22H,1H3. The van der Waals surface area contributed by atoms with Gasteiger partial charge in [-0.1, -0.05) is 6.07 Å². The van der Waals surface area contributed by atoms with Crippen molar-refractivity contribution in [1.29, 1.82) is 5.26 Å². The molecule has 3 nitrogen and oxygen atoms in total. The predicted molar refractivity (Wildman–Crippen MR) is 88.4 cm³/mol. The van der Waals surface area contributed by atoms with Gasteiger partial charge in [0.15, 0.2) is 0 Å². The maximum atomic E-state index is 13.7. The van der Waals surface area contributed by atoms with Crippen LogP contribution in [0.25, 0.3) is 33.1 Å². The molecule has 0 radical (unpaired) electrons. The Kier molecular flexibility index (Phi) is 2.88. The molecule has 110 valence electrons. The van der Waals surface area contributed by atoms with Gasteiger partial charge >= 0.3 is 0 Å². The highest BCUT2D eigenvalue weighted by Gasteiger charge is 2.12. The van der Waals surface area contributed by atoms with E-state index in [0.717, 1.165) is 33.1 Å². The van der Waals surface area contributed by atoms with Crippen molar-refractivity contribution in [2.24, 2.45) is 0 Å². The van der Waals surface area contributed by atoms with Crippen molar-refractivity contribution < 1.29 is 4.39 Å². The second kappa shape index (κ2) is 4.92. The summed E-state index contributed by atoms with van der Waals surface area (Å²) in [6, 6.07) is 14.7. The lowest BCUT2D eigenvalue weighted by atomic mass is 10.0. The first kappa shape index (κ1) is 13.5. The number of pyridine rings is 1. The van der Waals surface area contributed by atoms with Gasteiger partial charge in [0.1, 0.15) is 5.82 Å². The molecule has 2 heterocycles. The fourth-order valence-electron chi connectivity index (χ4n) is 2.93. The summed E-state index contributed by atoms with van der Waals surface area (Å²) in [5.74, 6) is -0.226. The Morgan fingerprint density at radius 3 is 2.74 bits per heavy atom. The number of hydrogen-bond acceptors (Lipinski definition) is 2. The van der Waals surface area contributed by atoms with Crippen molar-refractivity contribution >= 4 is 21.8 Å². The lowest BCUT2D eigenvalue weighted by molar-refractivity contribution is 0.620. The molecule has 4 heteroatoms. The smallest absolute Gasteiger partial charge is 0.128 e. The van der Waals surface area contributed by atoms with Crippen molar-refractivity contribution in [2.45, 2.75) is 6.92 Å². The third-order valence-electron chi connectivity index (χ3n) is 4.18. The number of aryl methyl sites for hydroxylation is 1. The molecular formula is C19H12FN3. The third kappa shape index (κ3) is 1.98. The quantitative estimate of drug-likeness (QED) is 0.554. The Labute approximate surface area is 132 Å². The van der Waals surface area contributed by atoms with Crippen LogP contribution in [-0.4, -0.2) is 9.97 Å². The highest BCUT2D eigenvalue weighted by Crippen LogP contribution is 2.31. The van der Waals surface area contributed by atoms with Crippen LogP contribution in [0.5, 0.6) is 0 Å². The molecule has 4 rings (SSSR count). The number of nitriles is 1. The molecule has 0 atom stereocenters. The van der Waals surface area contributed by atoms with Crippen LogP contribution < -0.4 is 0 Å². The van der Waals surface area contributed by atoms with Gasteiger partial charge in [-0.2, -0.15) is 5.26 Å². The Bertz CT molecular complexity index is 1100. The topological polar surface area (TPSA) is 52.5 Å². The molecule has 0 fully saturated rings. The second-order valence-electron chi connectivity index (χ2n) is 5.48. The molecule has 0 saturated heterocycles. The summed E-state index contributed by atoms with van der Waals surface area (Å²) in [6.07, 6.45) is 1.85. The molecule has 0 bridgehead atoms. The number of hydrogen-bond donors (Lipinski definition) is 1. The normalized spacial score (nSPS) is 11.0. The zero-order valence-corrected chi connectivity index (χ0v) is 12.4. The summed E-state index contributed by atoms with van der Waals surface area (Å²) in [4.78, 5) is 7.80. The summed E-state index contributed by atoms with van der Waals surface area (Å²) in [7, 11) is 0. The molecule has 23 heavy (non-hydrogen) atoms. The van der Waals surface area contributed by atoms with Gasteiger partial charge in [0, 0.05) is 28.1 Å². The minimum absolute atomic E-state index is 0.226. The van der Waals surface area contributed by atoms with Gasteiger partial charge in [0.05, 0.1) is 28.4 Å². The molecule has 2 aromatic carbocycles. The summed E-state index contributed by atoms with van der Waals surface area (Å²) in [6.45, 7) is 1.75. The number of aromatic amines is 1. The number of nitrogens with zero attached hydrogens (tertiary/aromatic N) is 2. The Balaban J connectivity index is 1.97. The van der Waals surface area contributed by atoms with Crippen molar-refractivity contribution in [3.8, 4) is 17.3 Å². The van der Waals surface area contributed by atoms with Crippen molar-refractivity contribution in [1.82, 2.24) is 9.97 Å². The number of H-pyrrole nitrogens is 1. The minimum atomic E-state index is -0.226. The van der Waals surface area contributed by atoms with Crippen LogP contribution in [0.3, 0.4) is 0 Å². The van der Waals surface area contributed by atoms with Crippen LogP contribution >= 0.6 is 0 Å². The first-order valence-corrected chi connectivity index (χ1v) is 7.25. The summed E-state index contributed by atoms with van der Waals surface area (Å²) >= 11 is 0. The van der Waals surface area contributed by atoms with Crippen LogP contribution in [0, 0.1) is 24.1 Å². The Hall–Kier alpha value is -3.19. The average molecular weight is 301 g/mol. The number of nitrogens with one attached hydrogen (secondary N) is 1. The maximum absolute atomic E-state index is 13.7. The number of aromatic nitrogens is 2. The van der Waals surface area contributed by atoms with E-state index in [9.17, 15) is 4.39 Å². The maximum Gasteiger partial charge on any atom is 0.128 e. The van der Waals surface area contributed by atoms with E-state index >= 15 is 0 Å². The summed E-state index contributed by atoms with van der Waals surface area (Å²) < 4.78 is 13.7. The molecule has 0 aliphatic carbocycles. The van der Waals surface area contributed by atoms with E-state index in [0.29, 0.717) is 11.1 Å². The molecule has 2 aromatic heterocycles. The summed E-state index contributed by atoms with van der Waals surface area (Å²) in [5, 5.41) is 10.9. The van der Waals surface area contributed by atoms with E-state index < -0.39 is 0 Å². The van der Waals surface area contributed by atoms with E-state index in [4.69, 9.17) is 5.26 Å². The lowest BCUT2D eigenvalue weighted by Gasteiger charge is -2.04. The van der Waals surface area contributed by atoms with Gasteiger partial charge in [-0.3, -0.25) is 0 Å². The summed E-state index contributed by atoms with van der Waals surface area (Å²) in [5.41, 5.74) is 4.49. The van der Waals surface area contributed by atoms with Gasteiger partial charge in [-0.15, -0.1) is 0 Å². The minimum Gasteiger partial charge on any atom is -0.360 e. The van der Waals surface area contributed by atoms with Crippen molar-refractivity contribution in [2.75, 3.05) is 0 Å². The number of rotatable bonds is 1. The van der Waals surface area contributed by atoms with Gasteiger partial charge < -0.3 is 4.98 Å². The molecule has 4 aromatic rings. The van der Waals surface area contributed by atoms with Crippen LogP contribution in [0.4, 0.5) is 4.39 Å². The Morgan fingerprint density at radius 2 is 1.91 bits per heavy atom. The van der Waals surface area contributed by atoms with E-state index in [1.165, 1.54) is 6.07 Å². The van der Waals surface area contributed by atoms with E-state index in [2.05, 4.69) is 16.0 Å². The van der Waals surface area contributed by atoms with E-state index in [1.54, 1.807) is 19.1 Å². The lowest BCUT2D eigenvalue weighted by Crippen LogP contribution is -1.87. The molecule has 0 saturated carbocycles.